The van der Waals surface area contributed by atoms with E-state index in [-0.39, 0.29) is 6.23 Å². The summed E-state index contributed by atoms with van der Waals surface area (Å²) in [5, 5.41) is 0. The van der Waals surface area contributed by atoms with Gasteiger partial charge in [-0.05, 0) is 24.2 Å². The molecule has 2 unspecified atom stereocenters. The van der Waals surface area contributed by atoms with Gasteiger partial charge in [0, 0.05) is 0 Å². The molecule has 0 saturated carbocycles. The molecule has 5 atom stereocenters. The summed E-state index contributed by atoms with van der Waals surface area (Å²) in [6.07, 6.45) is 1.39. The molecule has 1 fully saturated rings. The zero-order chi connectivity index (χ0) is 9.30. The lowest BCUT2D eigenvalue weighted by atomic mass is 9.78. The Morgan fingerprint density at radius 3 is 2.17 bits per heavy atom. The van der Waals surface area contributed by atoms with Crippen molar-refractivity contribution in [2.24, 2.45) is 23.5 Å². The molecular weight excluding hydrogens is 150 g/mol. The van der Waals surface area contributed by atoms with Crippen LogP contribution in [0, 0.1) is 17.8 Å². The van der Waals surface area contributed by atoms with Crippen LogP contribution in [0.4, 0.5) is 0 Å². The van der Waals surface area contributed by atoms with Gasteiger partial charge in [0.05, 0.1) is 6.10 Å². The maximum atomic E-state index is 5.87. The Hall–Kier alpha value is -0.0800. The van der Waals surface area contributed by atoms with Crippen LogP contribution in [0.2, 0.25) is 0 Å². The fourth-order valence-electron chi connectivity index (χ4n) is 2.03. The molecule has 0 amide bonds. The molecule has 0 spiro atoms. The summed E-state index contributed by atoms with van der Waals surface area (Å²) in [6, 6.07) is 0. The third kappa shape index (κ3) is 1.64. The van der Waals surface area contributed by atoms with Gasteiger partial charge < -0.3 is 10.5 Å². The summed E-state index contributed by atoms with van der Waals surface area (Å²) in [6.45, 7) is 8.88. The van der Waals surface area contributed by atoms with E-state index in [9.17, 15) is 0 Å². The van der Waals surface area contributed by atoms with Gasteiger partial charge in [-0.1, -0.05) is 27.7 Å². The molecule has 0 aromatic heterocycles. The minimum Gasteiger partial charge on any atom is -0.360 e. The van der Waals surface area contributed by atoms with Crippen molar-refractivity contribution >= 4 is 0 Å². The Morgan fingerprint density at radius 2 is 1.67 bits per heavy atom. The molecule has 0 radical (unpaired) electrons. The molecule has 0 aromatic carbocycles. The van der Waals surface area contributed by atoms with Gasteiger partial charge in [0.15, 0.2) is 0 Å². The lowest BCUT2D eigenvalue weighted by molar-refractivity contribution is -0.130. The van der Waals surface area contributed by atoms with Crippen molar-refractivity contribution in [1.29, 1.82) is 0 Å². The Labute approximate surface area is 75.5 Å². The first kappa shape index (κ1) is 10.0. The lowest BCUT2D eigenvalue weighted by Crippen LogP contribution is -2.48. The van der Waals surface area contributed by atoms with Gasteiger partial charge in [0.2, 0.25) is 0 Å². The van der Waals surface area contributed by atoms with Gasteiger partial charge in [-0.3, -0.25) is 0 Å². The third-order valence-corrected chi connectivity index (χ3v) is 3.50. The highest BCUT2D eigenvalue weighted by Crippen LogP contribution is 2.34. The molecule has 1 aliphatic rings. The van der Waals surface area contributed by atoms with E-state index in [1.54, 1.807) is 0 Å². The van der Waals surface area contributed by atoms with Crippen LogP contribution in [0.3, 0.4) is 0 Å². The van der Waals surface area contributed by atoms with Gasteiger partial charge in [-0.25, -0.2) is 0 Å². The smallest absolute Gasteiger partial charge is 0.108 e. The monoisotopic (exact) mass is 171 g/mol. The quantitative estimate of drug-likeness (QED) is 0.655. The molecule has 12 heavy (non-hydrogen) atoms. The predicted molar refractivity (Wildman–Crippen MR) is 50.6 cm³/mol. The average Bonchev–Trinajstić information content (AvgIpc) is 2.08. The summed E-state index contributed by atoms with van der Waals surface area (Å²) in [7, 11) is 0. The minimum atomic E-state index is -0.0545. The van der Waals surface area contributed by atoms with Gasteiger partial charge in [0.1, 0.15) is 6.23 Å². The van der Waals surface area contributed by atoms with Crippen LogP contribution in [0.5, 0.6) is 0 Å². The van der Waals surface area contributed by atoms with E-state index in [1.165, 1.54) is 0 Å². The van der Waals surface area contributed by atoms with Crippen LogP contribution in [0.15, 0.2) is 0 Å². The van der Waals surface area contributed by atoms with E-state index in [4.69, 9.17) is 10.5 Å². The zero-order valence-electron chi connectivity index (χ0n) is 8.58. The second-order valence-corrected chi connectivity index (χ2v) is 4.12. The largest absolute Gasteiger partial charge is 0.360 e. The van der Waals surface area contributed by atoms with Crippen LogP contribution < -0.4 is 5.73 Å². The summed E-state index contributed by atoms with van der Waals surface area (Å²) < 4.78 is 5.71. The highest BCUT2D eigenvalue weighted by molar-refractivity contribution is 4.82. The van der Waals surface area contributed by atoms with Crippen LogP contribution in [-0.4, -0.2) is 12.3 Å². The van der Waals surface area contributed by atoms with Gasteiger partial charge in [-0.2, -0.15) is 0 Å². The van der Waals surface area contributed by atoms with Gasteiger partial charge >= 0.3 is 0 Å². The molecule has 2 heteroatoms. The normalized spacial score (nSPS) is 49.2. The van der Waals surface area contributed by atoms with Crippen molar-refractivity contribution in [3.8, 4) is 0 Å². The molecule has 0 aromatic rings. The standard InChI is InChI=1S/C10H21NO/c1-5-9-7(3)6(2)8(4)10(11)12-9/h6-10H,5,11H2,1-4H3/t6-,7-,8?,9?,10+/m0/s1. The highest BCUT2D eigenvalue weighted by Gasteiger charge is 2.36. The molecule has 1 heterocycles. The van der Waals surface area contributed by atoms with Gasteiger partial charge in [-0.15, -0.1) is 0 Å². The van der Waals surface area contributed by atoms with Crippen LogP contribution in [-0.2, 0) is 4.74 Å². The molecule has 0 aliphatic carbocycles. The summed E-state index contributed by atoms with van der Waals surface area (Å²) in [5.74, 6) is 1.81. The molecule has 2 nitrogen and oxygen atoms in total. The Morgan fingerprint density at radius 1 is 1.08 bits per heavy atom. The van der Waals surface area contributed by atoms with Crippen molar-refractivity contribution in [3.05, 3.63) is 0 Å². The predicted octanol–water partition coefficient (Wildman–Crippen LogP) is 1.99. The molecule has 1 rings (SSSR count). The fourth-order valence-corrected chi connectivity index (χ4v) is 2.03. The Bertz CT molecular complexity index is 144. The molecule has 2 N–H and O–H groups in total. The van der Waals surface area contributed by atoms with Crippen molar-refractivity contribution in [2.75, 3.05) is 0 Å². The second kappa shape index (κ2) is 3.75. The first-order valence-corrected chi connectivity index (χ1v) is 4.99. The third-order valence-electron chi connectivity index (χ3n) is 3.50. The number of rotatable bonds is 1. The summed E-state index contributed by atoms with van der Waals surface area (Å²) >= 11 is 0. The van der Waals surface area contributed by atoms with E-state index in [0.29, 0.717) is 23.9 Å². The van der Waals surface area contributed by atoms with E-state index >= 15 is 0 Å². The van der Waals surface area contributed by atoms with Crippen molar-refractivity contribution in [3.63, 3.8) is 0 Å². The number of hydrogen-bond acceptors (Lipinski definition) is 2. The number of nitrogens with two attached hydrogens (primary N) is 1. The molecule has 1 aliphatic heterocycles. The van der Waals surface area contributed by atoms with E-state index < -0.39 is 0 Å². The molecule has 1 saturated heterocycles. The Kier molecular flexibility index (Phi) is 3.13. The van der Waals surface area contributed by atoms with Gasteiger partial charge in [0.25, 0.3) is 0 Å². The second-order valence-electron chi connectivity index (χ2n) is 4.12. The van der Waals surface area contributed by atoms with Crippen LogP contribution in [0.1, 0.15) is 34.1 Å². The minimum absolute atomic E-state index is 0.0545. The SMILES string of the molecule is CCC1O[C@@H](N)C(C)[C@@H](C)[C@@H]1C. The Balaban J connectivity index is 2.63. The van der Waals surface area contributed by atoms with Crippen LogP contribution >= 0.6 is 0 Å². The number of hydrogen-bond donors (Lipinski definition) is 1. The summed E-state index contributed by atoms with van der Waals surface area (Å²) in [4.78, 5) is 0. The maximum Gasteiger partial charge on any atom is 0.108 e. The van der Waals surface area contributed by atoms with E-state index in [0.717, 1.165) is 6.42 Å². The van der Waals surface area contributed by atoms with Crippen molar-refractivity contribution in [1.82, 2.24) is 0 Å². The first-order valence-electron chi connectivity index (χ1n) is 4.99. The van der Waals surface area contributed by atoms with Crippen LogP contribution in [0.25, 0.3) is 0 Å². The zero-order valence-corrected chi connectivity index (χ0v) is 8.58. The summed E-state index contributed by atoms with van der Waals surface area (Å²) in [5.41, 5.74) is 5.87. The number of ether oxygens (including phenoxy) is 1. The topological polar surface area (TPSA) is 35.2 Å². The first-order chi connectivity index (χ1) is 5.57. The molecular formula is C10H21NO. The fraction of sp³-hybridized carbons (Fsp3) is 1.00. The average molecular weight is 171 g/mol. The van der Waals surface area contributed by atoms with E-state index in [2.05, 4.69) is 27.7 Å². The lowest BCUT2D eigenvalue weighted by Gasteiger charge is -2.42. The highest BCUT2D eigenvalue weighted by atomic mass is 16.5. The molecule has 72 valence electrons. The van der Waals surface area contributed by atoms with E-state index in [1.807, 2.05) is 0 Å². The van der Waals surface area contributed by atoms with Crippen molar-refractivity contribution in [2.45, 2.75) is 46.4 Å². The molecule has 0 bridgehead atoms. The van der Waals surface area contributed by atoms with Crippen molar-refractivity contribution < 1.29 is 4.74 Å². The maximum absolute atomic E-state index is 5.87.